The molecule has 0 bridgehead atoms. The first-order valence-electron chi connectivity index (χ1n) is 10.6. The van der Waals surface area contributed by atoms with Gasteiger partial charge in [0, 0.05) is 44.8 Å². The summed E-state index contributed by atoms with van der Waals surface area (Å²) >= 11 is 0. The Bertz CT molecular complexity index is 781. The molecule has 2 heterocycles. The second-order valence-electron chi connectivity index (χ2n) is 8.46. The van der Waals surface area contributed by atoms with Crippen molar-refractivity contribution in [3.8, 4) is 0 Å². The van der Waals surface area contributed by atoms with Crippen molar-refractivity contribution in [2.24, 2.45) is 5.92 Å². The maximum atomic E-state index is 11.7. The van der Waals surface area contributed by atoms with Gasteiger partial charge in [0.1, 0.15) is 5.82 Å². The summed E-state index contributed by atoms with van der Waals surface area (Å²) in [6.45, 7) is 14.9. The number of nitrogens with zero attached hydrogens (tertiary/aromatic N) is 3. The molecule has 0 radical (unpaired) electrons. The number of imidazole rings is 1. The Morgan fingerprint density at radius 3 is 2.61 bits per heavy atom. The van der Waals surface area contributed by atoms with E-state index in [1.54, 1.807) is 18.9 Å². The van der Waals surface area contributed by atoms with Crippen LogP contribution < -0.4 is 4.90 Å². The summed E-state index contributed by atoms with van der Waals surface area (Å²) in [7, 11) is 1.80. The van der Waals surface area contributed by atoms with Crippen LogP contribution in [0.4, 0.5) is 5.69 Å². The molecule has 1 aromatic carbocycles. The fourth-order valence-electron chi connectivity index (χ4n) is 3.68. The number of fused-ring (bicyclic) bond motifs is 1. The summed E-state index contributed by atoms with van der Waals surface area (Å²) < 4.78 is 8.02. The zero-order valence-corrected chi connectivity index (χ0v) is 18.7. The lowest BCUT2D eigenvalue weighted by Gasteiger charge is -2.23. The average molecular weight is 388 g/mol. The first kappa shape index (κ1) is 22.4. The first-order chi connectivity index (χ1) is 13.3. The quantitative estimate of drug-likeness (QED) is 0.731. The Morgan fingerprint density at radius 1 is 1.25 bits per heavy atom. The van der Waals surface area contributed by atoms with E-state index in [4.69, 9.17) is 9.72 Å². The van der Waals surface area contributed by atoms with Gasteiger partial charge in [-0.15, -0.1) is 0 Å². The van der Waals surface area contributed by atoms with Gasteiger partial charge < -0.3 is 14.2 Å². The Balaban J connectivity index is 0.00000136. The van der Waals surface area contributed by atoms with Gasteiger partial charge in [-0.3, -0.25) is 4.79 Å². The molecule has 5 nitrogen and oxygen atoms in total. The van der Waals surface area contributed by atoms with Crippen molar-refractivity contribution in [2.75, 3.05) is 25.2 Å². The molecule has 1 saturated heterocycles. The van der Waals surface area contributed by atoms with E-state index in [0.717, 1.165) is 55.1 Å². The van der Waals surface area contributed by atoms with Crippen LogP contribution in [0.15, 0.2) is 18.2 Å². The van der Waals surface area contributed by atoms with Gasteiger partial charge in [-0.2, -0.15) is 0 Å². The van der Waals surface area contributed by atoms with Crippen LogP contribution in [0, 0.1) is 5.92 Å². The van der Waals surface area contributed by atoms with Gasteiger partial charge in [0.25, 0.3) is 0 Å². The van der Waals surface area contributed by atoms with Crippen molar-refractivity contribution in [1.29, 1.82) is 0 Å². The largest absolute Gasteiger partial charge is 0.381 e. The van der Waals surface area contributed by atoms with Crippen LogP contribution in [0.3, 0.4) is 0 Å². The second kappa shape index (κ2) is 9.55. The van der Waals surface area contributed by atoms with Crippen LogP contribution in [0.25, 0.3) is 11.0 Å². The van der Waals surface area contributed by atoms with Gasteiger partial charge in [-0.25, -0.2) is 4.98 Å². The van der Waals surface area contributed by atoms with E-state index >= 15 is 0 Å². The van der Waals surface area contributed by atoms with E-state index in [0.29, 0.717) is 5.92 Å². The van der Waals surface area contributed by atoms with Crippen molar-refractivity contribution in [3.63, 3.8) is 0 Å². The molecular formula is C23H37N3O2. The Labute approximate surface area is 170 Å². The molecule has 28 heavy (non-hydrogen) atoms. The normalized spacial score (nSPS) is 17.6. The molecule has 1 fully saturated rings. The maximum Gasteiger partial charge on any atom is 0.223 e. The third kappa shape index (κ3) is 5.13. The van der Waals surface area contributed by atoms with Crippen LogP contribution in [-0.2, 0) is 21.5 Å². The van der Waals surface area contributed by atoms with Crippen LogP contribution in [-0.4, -0.2) is 35.7 Å². The number of amides is 1. The van der Waals surface area contributed by atoms with Gasteiger partial charge in [-0.05, 0) is 43.4 Å². The number of benzene rings is 1. The topological polar surface area (TPSA) is 47.4 Å². The van der Waals surface area contributed by atoms with Crippen LogP contribution in [0.1, 0.15) is 66.6 Å². The lowest BCUT2D eigenvalue weighted by Crippen LogP contribution is -2.22. The fraction of sp³-hybridized carbons (Fsp3) is 0.652. The minimum absolute atomic E-state index is 0.0262. The molecular weight excluding hydrogens is 350 g/mol. The number of ether oxygens (including phenoxy) is 1. The SMILES string of the molecule is CC.CC(=O)N(C)c1ccc2c(c1)nc(C(C)(C)C)n2CC1CCCOCC1. The van der Waals surface area contributed by atoms with Crippen molar-refractivity contribution in [3.05, 3.63) is 24.0 Å². The zero-order valence-electron chi connectivity index (χ0n) is 18.7. The number of aromatic nitrogens is 2. The Hall–Kier alpha value is -1.88. The highest BCUT2D eigenvalue weighted by Gasteiger charge is 2.25. The summed E-state index contributed by atoms with van der Waals surface area (Å²) in [5, 5.41) is 0. The maximum absolute atomic E-state index is 11.7. The van der Waals surface area contributed by atoms with E-state index in [2.05, 4.69) is 31.4 Å². The van der Waals surface area contributed by atoms with Gasteiger partial charge in [0.05, 0.1) is 11.0 Å². The van der Waals surface area contributed by atoms with Gasteiger partial charge in [-0.1, -0.05) is 34.6 Å². The number of hydrogen-bond acceptors (Lipinski definition) is 3. The molecule has 156 valence electrons. The van der Waals surface area contributed by atoms with Crippen molar-refractivity contribution in [2.45, 2.75) is 72.8 Å². The third-order valence-electron chi connectivity index (χ3n) is 5.27. The molecule has 0 N–H and O–H groups in total. The summed E-state index contributed by atoms with van der Waals surface area (Å²) in [4.78, 5) is 18.3. The molecule has 3 rings (SSSR count). The average Bonchev–Trinajstić information content (AvgIpc) is 2.83. The molecule has 1 aromatic heterocycles. The molecule has 0 spiro atoms. The van der Waals surface area contributed by atoms with E-state index in [1.807, 2.05) is 26.0 Å². The summed E-state index contributed by atoms with van der Waals surface area (Å²) in [5.74, 6) is 1.76. The van der Waals surface area contributed by atoms with E-state index in [9.17, 15) is 4.79 Å². The van der Waals surface area contributed by atoms with Crippen LogP contribution in [0.5, 0.6) is 0 Å². The molecule has 1 aliphatic rings. The molecule has 5 heteroatoms. The number of hydrogen-bond donors (Lipinski definition) is 0. The Morgan fingerprint density at radius 2 is 1.96 bits per heavy atom. The third-order valence-corrected chi connectivity index (χ3v) is 5.27. The molecule has 1 aliphatic heterocycles. The summed E-state index contributed by atoms with van der Waals surface area (Å²) in [5.41, 5.74) is 2.97. The van der Waals surface area contributed by atoms with Gasteiger partial charge in [0.15, 0.2) is 0 Å². The number of anilines is 1. The predicted molar refractivity (Wildman–Crippen MR) is 117 cm³/mol. The van der Waals surface area contributed by atoms with Crippen molar-refractivity contribution < 1.29 is 9.53 Å². The molecule has 1 amide bonds. The van der Waals surface area contributed by atoms with E-state index in [-0.39, 0.29) is 11.3 Å². The van der Waals surface area contributed by atoms with Crippen LogP contribution in [0.2, 0.25) is 0 Å². The van der Waals surface area contributed by atoms with Crippen LogP contribution >= 0.6 is 0 Å². The highest BCUT2D eigenvalue weighted by Crippen LogP contribution is 2.31. The highest BCUT2D eigenvalue weighted by molar-refractivity contribution is 5.93. The number of carbonyl (C=O) groups excluding carboxylic acids is 1. The lowest BCUT2D eigenvalue weighted by atomic mass is 9.94. The number of carbonyl (C=O) groups is 1. The fourth-order valence-corrected chi connectivity index (χ4v) is 3.68. The monoisotopic (exact) mass is 387 g/mol. The minimum atomic E-state index is -0.0348. The molecule has 1 atom stereocenters. The molecule has 0 aliphatic carbocycles. The van der Waals surface area contributed by atoms with Gasteiger partial charge >= 0.3 is 0 Å². The molecule has 1 unspecified atom stereocenters. The van der Waals surface area contributed by atoms with E-state index in [1.165, 1.54) is 6.42 Å². The van der Waals surface area contributed by atoms with Crippen molar-refractivity contribution >= 4 is 22.6 Å². The van der Waals surface area contributed by atoms with E-state index < -0.39 is 0 Å². The molecule has 0 saturated carbocycles. The standard InChI is InChI=1S/C21H31N3O2.C2H6/c1-15(25)23(5)17-8-9-19-18(13-17)22-20(21(2,3)4)24(19)14-16-7-6-11-26-12-10-16;1-2/h8-9,13,16H,6-7,10-12,14H2,1-5H3;1-2H3. The second-order valence-corrected chi connectivity index (χ2v) is 8.46. The van der Waals surface area contributed by atoms with Gasteiger partial charge in [0.2, 0.25) is 5.91 Å². The summed E-state index contributed by atoms with van der Waals surface area (Å²) in [6.07, 6.45) is 3.44. The lowest BCUT2D eigenvalue weighted by molar-refractivity contribution is -0.116. The van der Waals surface area contributed by atoms with Crippen molar-refractivity contribution in [1.82, 2.24) is 9.55 Å². The first-order valence-corrected chi connectivity index (χ1v) is 10.6. The Kier molecular flexibility index (Phi) is 7.64. The highest BCUT2D eigenvalue weighted by atomic mass is 16.5. The minimum Gasteiger partial charge on any atom is -0.381 e. The predicted octanol–water partition coefficient (Wildman–Crippen LogP) is 5.16. The smallest absolute Gasteiger partial charge is 0.223 e. The number of rotatable bonds is 3. The summed E-state index contributed by atoms with van der Waals surface area (Å²) in [6, 6.07) is 6.16. The zero-order chi connectivity index (χ0) is 20.9. The molecule has 2 aromatic rings.